The number of nitrogens with zero attached hydrogens (tertiary/aromatic N) is 2. The van der Waals surface area contributed by atoms with Crippen molar-refractivity contribution in [1.82, 2.24) is 20.4 Å². The lowest BCUT2D eigenvalue weighted by Crippen LogP contribution is -2.52. The Bertz CT molecular complexity index is 788. The van der Waals surface area contributed by atoms with Gasteiger partial charge in [-0.3, -0.25) is 24.6 Å². The predicted molar refractivity (Wildman–Crippen MR) is 104 cm³/mol. The Balaban J connectivity index is 1.56. The zero-order chi connectivity index (χ0) is 19.7. The molecule has 3 heterocycles. The van der Waals surface area contributed by atoms with E-state index in [-0.39, 0.29) is 24.1 Å². The highest BCUT2D eigenvalue weighted by Gasteiger charge is 2.40. The summed E-state index contributed by atoms with van der Waals surface area (Å²) in [5.74, 6) is -0.698. The fourth-order valence-electron chi connectivity index (χ4n) is 4.67. The molecular weight excluding hydrogens is 356 g/mol. The van der Waals surface area contributed by atoms with Gasteiger partial charge in [0.15, 0.2) is 0 Å². The van der Waals surface area contributed by atoms with E-state index < -0.39 is 6.04 Å². The number of rotatable bonds is 6. The van der Waals surface area contributed by atoms with Crippen LogP contribution in [0.5, 0.6) is 0 Å². The molecule has 0 spiro atoms. The minimum Gasteiger partial charge on any atom is -0.322 e. The van der Waals surface area contributed by atoms with E-state index in [1.807, 2.05) is 18.2 Å². The third-order valence-electron chi connectivity index (χ3n) is 6.07. The van der Waals surface area contributed by atoms with Gasteiger partial charge in [0.25, 0.3) is 5.91 Å². The van der Waals surface area contributed by atoms with Gasteiger partial charge in [0.2, 0.25) is 11.8 Å². The fourth-order valence-corrected chi connectivity index (χ4v) is 4.67. The molecule has 1 aromatic carbocycles. The third kappa shape index (κ3) is 3.56. The molecule has 7 heteroatoms. The second-order valence-corrected chi connectivity index (χ2v) is 7.97. The first-order chi connectivity index (χ1) is 13.6. The quantitative estimate of drug-likeness (QED) is 0.716. The van der Waals surface area contributed by atoms with Gasteiger partial charge in [-0.1, -0.05) is 25.1 Å². The molecule has 150 valence electrons. The van der Waals surface area contributed by atoms with E-state index in [9.17, 15) is 14.4 Å². The average molecular weight is 384 g/mol. The minimum atomic E-state index is -0.559. The van der Waals surface area contributed by atoms with E-state index in [1.54, 1.807) is 4.90 Å². The first-order valence-corrected chi connectivity index (χ1v) is 10.3. The van der Waals surface area contributed by atoms with Gasteiger partial charge in [-0.2, -0.15) is 0 Å². The van der Waals surface area contributed by atoms with Crippen LogP contribution in [0.25, 0.3) is 0 Å². The van der Waals surface area contributed by atoms with E-state index in [4.69, 9.17) is 0 Å². The van der Waals surface area contributed by atoms with Crippen LogP contribution in [-0.2, 0) is 22.7 Å². The normalized spacial score (nSPS) is 24.8. The minimum absolute atomic E-state index is 0.0823. The molecule has 0 radical (unpaired) electrons. The number of imide groups is 1. The summed E-state index contributed by atoms with van der Waals surface area (Å²) in [5, 5.41) is 5.80. The van der Waals surface area contributed by atoms with E-state index >= 15 is 0 Å². The maximum absolute atomic E-state index is 13.2. The molecule has 2 atom stereocenters. The smallest absolute Gasteiger partial charge is 0.255 e. The highest BCUT2D eigenvalue weighted by molar-refractivity contribution is 6.05. The molecule has 2 saturated heterocycles. The molecule has 7 nitrogen and oxygen atoms in total. The van der Waals surface area contributed by atoms with Gasteiger partial charge in [-0.05, 0) is 43.5 Å². The number of piperidine rings is 1. The van der Waals surface area contributed by atoms with E-state index in [2.05, 4.69) is 22.5 Å². The summed E-state index contributed by atoms with van der Waals surface area (Å²) >= 11 is 0. The molecule has 0 saturated carbocycles. The van der Waals surface area contributed by atoms with E-state index in [0.717, 1.165) is 55.7 Å². The van der Waals surface area contributed by atoms with Crippen molar-refractivity contribution in [2.45, 2.75) is 57.8 Å². The molecule has 0 aliphatic carbocycles. The summed E-state index contributed by atoms with van der Waals surface area (Å²) in [6, 6.07) is 5.96. The van der Waals surface area contributed by atoms with E-state index in [0.29, 0.717) is 19.0 Å². The van der Waals surface area contributed by atoms with Crippen LogP contribution in [0.3, 0.4) is 0 Å². The summed E-state index contributed by atoms with van der Waals surface area (Å²) in [6.07, 6.45) is 2.88. The van der Waals surface area contributed by atoms with Crippen LogP contribution >= 0.6 is 0 Å². The van der Waals surface area contributed by atoms with Crippen molar-refractivity contribution in [2.24, 2.45) is 0 Å². The van der Waals surface area contributed by atoms with Crippen molar-refractivity contribution in [3.05, 3.63) is 34.9 Å². The largest absolute Gasteiger partial charge is 0.322 e. The zero-order valence-corrected chi connectivity index (χ0v) is 16.4. The van der Waals surface area contributed by atoms with Crippen molar-refractivity contribution in [1.29, 1.82) is 0 Å². The second-order valence-electron chi connectivity index (χ2n) is 7.97. The lowest BCUT2D eigenvalue weighted by Gasteiger charge is -2.30. The molecule has 0 bridgehead atoms. The van der Waals surface area contributed by atoms with Crippen LogP contribution in [0.15, 0.2) is 18.2 Å². The van der Waals surface area contributed by atoms with Crippen LogP contribution in [0.1, 0.15) is 54.1 Å². The second kappa shape index (κ2) is 8.01. The number of hydrogen-bond donors (Lipinski definition) is 2. The SMILES string of the molecule is CCCN(Cc1cccc2c1C(=O)N(C1CCC(=O)NC1=O)C2)C1CCNC1. The third-order valence-corrected chi connectivity index (χ3v) is 6.07. The average Bonchev–Trinajstić information content (AvgIpc) is 3.31. The summed E-state index contributed by atoms with van der Waals surface area (Å²) in [7, 11) is 0. The Morgan fingerprint density at radius 2 is 2.07 bits per heavy atom. The highest BCUT2D eigenvalue weighted by Crippen LogP contribution is 2.31. The number of nitrogens with one attached hydrogen (secondary N) is 2. The molecule has 2 fully saturated rings. The van der Waals surface area contributed by atoms with Gasteiger partial charge in [0.1, 0.15) is 6.04 Å². The zero-order valence-electron chi connectivity index (χ0n) is 16.4. The summed E-state index contributed by atoms with van der Waals surface area (Å²) in [5.41, 5.74) is 2.77. The van der Waals surface area contributed by atoms with Crippen LogP contribution in [0, 0.1) is 0 Å². The van der Waals surface area contributed by atoms with Crippen molar-refractivity contribution in [3.8, 4) is 0 Å². The number of amides is 3. The van der Waals surface area contributed by atoms with Gasteiger partial charge >= 0.3 is 0 Å². The summed E-state index contributed by atoms with van der Waals surface area (Å²) < 4.78 is 0. The highest BCUT2D eigenvalue weighted by atomic mass is 16.2. The van der Waals surface area contributed by atoms with Crippen LogP contribution in [0.4, 0.5) is 0 Å². The van der Waals surface area contributed by atoms with Gasteiger partial charge in [-0.15, -0.1) is 0 Å². The van der Waals surface area contributed by atoms with Crippen LogP contribution in [-0.4, -0.2) is 59.2 Å². The maximum atomic E-state index is 13.2. The fraction of sp³-hybridized carbons (Fsp3) is 0.571. The Kier molecular flexibility index (Phi) is 5.46. The number of hydrogen-bond acceptors (Lipinski definition) is 5. The summed E-state index contributed by atoms with van der Waals surface area (Å²) in [4.78, 5) is 41.1. The molecule has 3 aliphatic heterocycles. The van der Waals surface area contributed by atoms with Crippen LogP contribution in [0.2, 0.25) is 0 Å². The molecular formula is C21H28N4O3. The molecule has 28 heavy (non-hydrogen) atoms. The topological polar surface area (TPSA) is 81.8 Å². The number of benzene rings is 1. The van der Waals surface area contributed by atoms with Crippen molar-refractivity contribution in [2.75, 3.05) is 19.6 Å². The molecule has 1 aromatic rings. The monoisotopic (exact) mass is 384 g/mol. The first kappa shape index (κ1) is 19.1. The van der Waals surface area contributed by atoms with E-state index in [1.165, 1.54) is 0 Å². The number of carbonyl (C=O) groups excluding carboxylic acids is 3. The first-order valence-electron chi connectivity index (χ1n) is 10.3. The molecule has 4 rings (SSSR count). The molecule has 3 aliphatic rings. The predicted octanol–water partition coefficient (Wildman–Crippen LogP) is 1.02. The molecule has 0 aromatic heterocycles. The Hall–Kier alpha value is -2.25. The number of fused-ring (bicyclic) bond motifs is 1. The maximum Gasteiger partial charge on any atom is 0.255 e. The molecule has 2 N–H and O–H groups in total. The summed E-state index contributed by atoms with van der Waals surface area (Å²) in [6.45, 7) is 6.40. The lowest BCUT2D eigenvalue weighted by atomic mass is 10.0. The Morgan fingerprint density at radius 1 is 1.21 bits per heavy atom. The number of carbonyl (C=O) groups is 3. The van der Waals surface area contributed by atoms with Crippen LogP contribution < -0.4 is 10.6 Å². The van der Waals surface area contributed by atoms with Crippen molar-refractivity contribution < 1.29 is 14.4 Å². The van der Waals surface area contributed by atoms with Crippen molar-refractivity contribution >= 4 is 17.7 Å². The van der Waals surface area contributed by atoms with Gasteiger partial charge in [-0.25, -0.2) is 0 Å². The molecule has 2 unspecified atom stereocenters. The van der Waals surface area contributed by atoms with Crippen molar-refractivity contribution in [3.63, 3.8) is 0 Å². The van der Waals surface area contributed by atoms with Gasteiger partial charge < -0.3 is 10.2 Å². The standard InChI is InChI=1S/C21H28N4O3/c1-2-10-24(16-8-9-22-11-16)12-14-4-3-5-15-13-25(21(28)19(14)15)17-6-7-18(26)23-20(17)27/h3-5,16-17,22H,2,6-13H2,1H3,(H,23,26,27). The Morgan fingerprint density at radius 3 is 2.79 bits per heavy atom. The Labute approximate surface area is 165 Å². The van der Waals surface area contributed by atoms with Gasteiger partial charge in [0, 0.05) is 37.7 Å². The molecule has 3 amide bonds. The lowest BCUT2D eigenvalue weighted by molar-refractivity contribution is -0.136. The van der Waals surface area contributed by atoms with Gasteiger partial charge in [0.05, 0.1) is 0 Å².